The van der Waals surface area contributed by atoms with E-state index in [-0.39, 0.29) is 0 Å². The van der Waals surface area contributed by atoms with Gasteiger partial charge in [-0.05, 0) is 17.2 Å². The van der Waals surface area contributed by atoms with Crippen LogP contribution in [0.5, 0.6) is 0 Å². The van der Waals surface area contributed by atoms with Gasteiger partial charge in [-0.3, -0.25) is 5.73 Å². The van der Waals surface area contributed by atoms with Crippen molar-refractivity contribution >= 4 is 5.57 Å². The second-order valence-corrected chi connectivity index (χ2v) is 3.65. The van der Waals surface area contributed by atoms with Crippen molar-refractivity contribution in [3.8, 4) is 0 Å². The maximum Gasteiger partial charge on any atom is 0.197 e. The molecule has 2 rings (SSSR count). The molecule has 2 unspecified atom stereocenters. The molecule has 78 valence electrons. The van der Waals surface area contributed by atoms with E-state index >= 15 is 0 Å². The van der Waals surface area contributed by atoms with Crippen molar-refractivity contribution in [3.63, 3.8) is 0 Å². The maximum absolute atomic E-state index is 13.7. The van der Waals surface area contributed by atoms with Crippen molar-refractivity contribution in [2.45, 2.75) is 11.8 Å². The average Bonchev–Trinajstić information content (AvgIpc) is 2.23. The Labute approximate surface area is 88.1 Å². The van der Waals surface area contributed by atoms with E-state index in [1.807, 2.05) is 30.3 Å². The Bertz CT molecular complexity index is 407. The van der Waals surface area contributed by atoms with E-state index in [1.54, 1.807) is 12.2 Å². The molecule has 4 N–H and O–H groups in total. The second-order valence-electron chi connectivity index (χ2n) is 3.65. The van der Waals surface area contributed by atoms with E-state index in [2.05, 4.69) is 0 Å². The van der Waals surface area contributed by atoms with Crippen molar-refractivity contribution in [2.24, 2.45) is 11.5 Å². The third-order valence-electron chi connectivity index (χ3n) is 2.55. The predicted molar refractivity (Wildman–Crippen MR) is 59.6 cm³/mol. The van der Waals surface area contributed by atoms with Crippen molar-refractivity contribution < 1.29 is 4.39 Å². The first-order valence-electron chi connectivity index (χ1n) is 4.79. The molecular formula is C12H13FN2. The molecule has 0 radical (unpaired) electrons. The molecule has 1 aromatic rings. The summed E-state index contributed by atoms with van der Waals surface area (Å²) in [6.07, 6.45) is 4.68. The lowest BCUT2D eigenvalue weighted by molar-refractivity contribution is 0.220. The molecule has 0 heterocycles. The molecule has 0 bridgehead atoms. The zero-order valence-corrected chi connectivity index (χ0v) is 8.23. The zero-order valence-electron chi connectivity index (χ0n) is 8.23. The Kier molecular flexibility index (Phi) is 2.42. The molecule has 15 heavy (non-hydrogen) atoms. The lowest BCUT2D eigenvalue weighted by atomic mass is 9.89. The van der Waals surface area contributed by atoms with Gasteiger partial charge in [0.15, 0.2) is 5.79 Å². The van der Waals surface area contributed by atoms with Crippen LogP contribution in [0.3, 0.4) is 0 Å². The third kappa shape index (κ3) is 1.84. The van der Waals surface area contributed by atoms with E-state index in [9.17, 15) is 4.39 Å². The Morgan fingerprint density at radius 3 is 2.53 bits per heavy atom. The Morgan fingerprint density at radius 1 is 1.20 bits per heavy atom. The van der Waals surface area contributed by atoms with Crippen molar-refractivity contribution in [3.05, 3.63) is 54.1 Å². The molecule has 3 heteroatoms. The molecule has 1 aromatic carbocycles. The number of hydrogen-bond donors (Lipinski definition) is 2. The number of allylic oxidation sites excluding steroid dienone is 2. The van der Waals surface area contributed by atoms with Gasteiger partial charge in [0.25, 0.3) is 0 Å². The summed E-state index contributed by atoms with van der Waals surface area (Å²) >= 11 is 0. The van der Waals surface area contributed by atoms with Crippen LogP contribution in [0.25, 0.3) is 5.57 Å². The van der Waals surface area contributed by atoms with Gasteiger partial charge in [-0.1, -0.05) is 42.5 Å². The van der Waals surface area contributed by atoms with Crippen molar-refractivity contribution in [1.82, 2.24) is 0 Å². The molecule has 0 aromatic heterocycles. The van der Waals surface area contributed by atoms with E-state index in [0.29, 0.717) is 0 Å². The minimum atomic E-state index is -1.96. The zero-order chi connectivity index (χ0) is 10.9. The van der Waals surface area contributed by atoms with Gasteiger partial charge in [0.2, 0.25) is 0 Å². The number of hydrogen-bond acceptors (Lipinski definition) is 2. The number of nitrogens with two attached hydrogens (primary N) is 2. The maximum atomic E-state index is 13.7. The standard InChI is InChI=1S/C12H13FN2/c13-12(15)8-4-7-10(11(12)14)9-5-2-1-3-6-9/h1-8,11H,14-15H2. The van der Waals surface area contributed by atoms with Crippen LogP contribution in [0.4, 0.5) is 4.39 Å². The normalized spacial score (nSPS) is 30.1. The molecule has 1 aliphatic carbocycles. The molecule has 0 saturated heterocycles. The monoisotopic (exact) mass is 204 g/mol. The van der Waals surface area contributed by atoms with Crippen LogP contribution in [-0.2, 0) is 0 Å². The topological polar surface area (TPSA) is 52.0 Å². The number of benzene rings is 1. The molecule has 0 saturated carbocycles. The number of alkyl halides is 1. The first-order valence-corrected chi connectivity index (χ1v) is 4.79. The largest absolute Gasteiger partial charge is 0.320 e. The molecule has 2 atom stereocenters. The van der Waals surface area contributed by atoms with Crippen LogP contribution in [0.2, 0.25) is 0 Å². The van der Waals surface area contributed by atoms with Gasteiger partial charge in [0, 0.05) is 0 Å². The average molecular weight is 204 g/mol. The van der Waals surface area contributed by atoms with Crippen molar-refractivity contribution in [1.29, 1.82) is 0 Å². The second kappa shape index (κ2) is 3.61. The highest BCUT2D eigenvalue weighted by atomic mass is 19.1. The van der Waals surface area contributed by atoms with Gasteiger partial charge in [0.05, 0.1) is 6.04 Å². The molecule has 0 amide bonds. The highest BCUT2D eigenvalue weighted by Gasteiger charge is 2.34. The molecule has 0 spiro atoms. The van der Waals surface area contributed by atoms with E-state index < -0.39 is 11.8 Å². The fourth-order valence-corrected chi connectivity index (χ4v) is 1.65. The van der Waals surface area contributed by atoms with Gasteiger partial charge >= 0.3 is 0 Å². The summed E-state index contributed by atoms with van der Waals surface area (Å²) in [4.78, 5) is 0. The first kappa shape index (κ1) is 10.1. The first-order chi connectivity index (χ1) is 7.11. The quantitative estimate of drug-likeness (QED) is 0.682. The molecule has 2 nitrogen and oxygen atoms in total. The fourth-order valence-electron chi connectivity index (χ4n) is 1.65. The summed E-state index contributed by atoms with van der Waals surface area (Å²) in [6.45, 7) is 0. The molecule has 0 aliphatic heterocycles. The number of halogens is 1. The lowest BCUT2D eigenvalue weighted by Gasteiger charge is -2.29. The highest BCUT2D eigenvalue weighted by molar-refractivity contribution is 5.73. The van der Waals surface area contributed by atoms with E-state index in [1.165, 1.54) is 6.08 Å². The van der Waals surface area contributed by atoms with Crippen LogP contribution >= 0.6 is 0 Å². The van der Waals surface area contributed by atoms with Crippen LogP contribution in [-0.4, -0.2) is 11.8 Å². The summed E-state index contributed by atoms with van der Waals surface area (Å²) in [6, 6.07) is 8.64. The number of rotatable bonds is 1. The molecular weight excluding hydrogens is 191 g/mol. The highest BCUT2D eigenvalue weighted by Crippen LogP contribution is 2.28. The Balaban J connectivity index is 2.39. The van der Waals surface area contributed by atoms with Gasteiger partial charge in [0.1, 0.15) is 0 Å². The smallest absolute Gasteiger partial charge is 0.197 e. The summed E-state index contributed by atoms with van der Waals surface area (Å²) in [5.74, 6) is -1.96. The van der Waals surface area contributed by atoms with Crippen LogP contribution in [0, 0.1) is 0 Å². The van der Waals surface area contributed by atoms with Gasteiger partial charge in [-0.15, -0.1) is 0 Å². The fraction of sp³-hybridized carbons (Fsp3) is 0.167. The minimum Gasteiger partial charge on any atom is -0.320 e. The SMILES string of the molecule is NC1C(c2ccccc2)=CC=CC1(N)F. The Hall–Kier alpha value is -1.45. The van der Waals surface area contributed by atoms with E-state index in [4.69, 9.17) is 11.5 Å². The van der Waals surface area contributed by atoms with Crippen molar-refractivity contribution in [2.75, 3.05) is 0 Å². The summed E-state index contributed by atoms with van der Waals surface area (Å²) in [5, 5.41) is 0. The van der Waals surface area contributed by atoms with E-state index in [0.717, 1.165) is 11.1 Å². The van der Waals surface area contributed by atoms with Crippen LogP contribution in [0.1, 0.15) is 5.56 Å². The predicted octanol–water partition coefficient (Wildman–Crippen LogP) is 1.59. The Morgan fingerprint density at radius 2 is 1.87 bits per heavy atom. The van der Waals surface area contributed by atoms with Crippen LogP contribution in [0.15, 0.2) is 48.6 Å². The summed E-state index contributed by atoms with van der Waals surface area (Å²) < 4.78 is 13.7. The summed E-state index contributed by atoms with van der Waals surface area (Å²) in [7, 11) is 0. The summed E-state index contributed by atoms with van der Waals surface area (Å²) in [5.41, 5.74) is 12.8. The van der Waals surface area contributed by atoms with Crippen LogP contribution < -0.4 is 11.5 Å². The molecule has 1 aliphatic rings. The van der Waals surface area contributed by atoms with Gasteiger partial charge in [-0.25, -0.2) is 4.39 Å². The van der Waals surface area contributed by atoms with Gasteiger partial charge < -0.3 is 5.73 Å². The third-order valence-corrected chi connectivity index (χ3v) is 2.55. The van der Waals surface area contributed by atoms with Gasteiger partial charge in [-0.2, -0.15) is 0 Å². The lowest BCUT2D eigenvalue weighted by Crippen LogP contribution is -2.51. The minimum absolute atomic E-state index is 0.725. The molecule has 0 fully saturated rings.